The second kappa shape index (κ2) is 7.14. The van der Waals surface area contributed by atoms with Gasteiger partial charge in [-0.1, -0.05) is 17.8 Å². The number of thiazole rings is 1. The molecule has 1 aromatic heterocycles. The Hall–Kier alpha value is -2.55. The van der Waals surface area contributed by atoms with E-state index in [0.717, 1.165) is 30.6 Å². The van der Waals surface area contributed by atoms with Gasteiger partial charge in [0.05, 0.1) is 21.7 Å². The largest absolute Gasteiger partial charge is 0.465 e. The lowest BCUT2D eigenvalue weighted by Gasteiger charge is -2.20. The molecule has 3 rings (SSSR count). The smallest absolute Gasteiger partial charge is 0.326 e. The topological polar surface area (TPSA) is 104 Å². The van der Waals surface area contributed by atoms with Crippen molar-refractivity contribution in [1.29, 1.82) is 0 Å². The number of hydrogen-bond donors (Lipinski definition) is 0. The van der Waals surface area contributed by atoms with Crippen LogP contribution in [0.2, 0.25) is 0 Å². The summed E-state index contributed by atoms with van der Waals surface area (Å²) in [6.07, 6.45) is 2.68. The highest BCUT2D eigenvalue weighted by atomic mass is 32.1. The van der Waals surface area contributed by atoms with Crippen molar-refractivity contribution in [2.45, 2.75) is 32.7 Å². The van der Waals surface area contributed by atoms with Gasteiger partial charge < -0.3 is 9.30 Å². The highest BCUT2D eigenvalue weighted by Crippen LogP contribution is 2.28. The van der Waals surface area contributed by atoms with Crippen LogP contribution in [0.3, 0.4) is 0 Å². The van der Waals surface area contributed by atoms with Crippen molar-refractivity contribution in [3.63, 3.8) is 0 Å². The first-order valence-electron chi connectivity index (χ1n) is 8.01. The summed E-state index contributed by atoms with van der Waals surface area (Å²) in [7, 11) is 0. The fourth-order valence-corrected chi connectivity index (χ4v) is 3.66. The summed E-state index contributed by atoms with van der Waals surface area (Å²) in [6.45, 7) is 1.87. The van der Waals surface area contributed by atoms with E-state index in [-0.39, 0.29) is 30.7 Å². The van der Waals surface area contributed by atoms with E-state index in [2.05, 4.69) is 4.99 Å². The fraction of sp³-hybridized carbons (Fsp3) is 0.438. The van der Waals surface area contributed by atoms with E-state index >= 15 is 0 Å². The summed E-state index contributed by atoms with van der Waals surface area (Å²) in [5.41, 5.74) is 0.567. The van der Waals surface area contributed by atoms with E-state index in [4.69, 9.17) is 4.74 Å². The van der Waals surface area contributed by atoms with Crippen molar-refractivity contribution in [2.24, 2.45) is 10.9 Å². The lowest BCUT2D eigenvalue weighted by atomic mass is 9.85. The molecular weight excluding hydrogens is 346 g/mol. The van der Waals surface area contributed by atoms with Gasteiger partial charge in [0.2, 0.25) is 0 Å². The number of nitro groups is 1. The van der Waals surface area contributed by atoms with Crippen molar-refractivity contribution >= 4 is 39.1 Å². The zero-order chi connectivity index (χ0) is 18.0. The van der Waals surface area contributed by atoms with E-state index in [0.29, 0.717) is 15.0 Å². The van der Waals surface area contributed by atoms with Gasteiger partial charge >= 0.3 is 5.97 Å². The van der Waals surface area contributed by atoms with Crippen LogP contribution < -0.4 is 4.80 Å². The van der Waals surface area contributed by atoms with Crippen LogP contribution in [0.1, 0.15) is 26.2 Å². The molecule has 0 radical (unpaired) electrons. The van der Waals surface area contributed by atoms with Gasteiger partial charge in [-0.3, -0.25) is 19.7 Å². The first-order valence-corrected chi connectivity index (χ1v) is 8.83. The minimum Gasteiger partial charge on any atom is -0.465 e. The van der Waals surface area contributed by atoms with Crippen molar-refractivity contribution in [3.8, 4) is 0 Å². The number of carbonyl (C=O) groups excluding carboxylic acids is 2. The molecule has 2 aromatic rings. The number of fused-ring (bicyclic) bond motifs is 1. The third kappa shape index (κ3) is 3.60. The van der Waals surface area contributed by atoms with Crippen molar-refractivity contribution in [2.75, 3.05) is 6.61 Å². The normalized spacial score (nSPS) is 15.2. The molecule has 1 amide bonds. The van der Waals surface area contributed by atoms with Gasteiger partial charge in [-0.15, -0.1) is 0 Å². The van der Waals surface area contributed by atoms with Crippen molar-refractivity contribution in [3.05, 3.63) is 33.1 Å². The summed E-state index contributed by atoms with van der Waals surface area (Å²) in [4.78, 5) is 39.1. The average molecular weight is 363 g/mol. The Morgan fingerprint density at radius 1 is 1.44 bits per heavy atom. The van der Waals surface area contributed by atoms with E-state index < -0.39 is 10.9 Å². The van der Waals surface area contributed by atoms with Crippen molar-refractivity contribution < 1.29 is 19.2 Å². The van der Waals surface area contributed by atoms with E-state index in [1.165, 1.54) is 12.1 Å². The molecule has 0 atom stereocenters. The number of non-ortho nitro benzene ring substituents is 1. The van der Waals surface area contributed by atoms with Crippen LogP contribution in [0.5, 0.6) is 0 Å². The quantitative estimate of drug-likeness (QED) is 0.461. The van der Waals surface area contributed by atoms with E-state index in [1.54, 1.807) is 17.6 Å². The first kappa shape index (κ1) is 17.3. The van der Waals surface area contributed by atoms with Crippen LogP contribution in [0.4, 0.5) is 5.69 Å². The molecule has 1 fully saturated rings. The van der Waals surface area contributed by atoms with Crippen molar-refractivity contribution in [1.82, 2.24) is 4.57 Å². The third-order valence-electron chi connectivity index (χ3n) is 4.13. The summed E-state index contributed by atoms with van der Waals surface area (Å²) >= 11 is 1.16. The van der Waals surface area contributed by atoms with Gasteiger partial charge in [0, 0.05) is 18.1 Å². The Morgan fingerprint density at radius 3 is 2.80 bits per heavy atom. The molecule has 25 heavy (non-hydrogen) atoms. The Bertz CT molecular complexity index is 910. The molecule has 1 aromatic carbocycles. The molecular formula is C16H17N3O5S. The van der Waals surface area contributed by atoms with Crippen LogP contribution in [-0.2, 0) is 20.9 Å². The predicted octanol–water partition coefficient (Wildman–Crippen LogP) is 2.40. The minimum absolute atomic E-state index is 0.0473. The second-order valence-corrected chi connectivity index (χ2v) is 6.77. The molecule has 1 aliphatic carbocycles. The number of rotatable bonds is 5. The standard InChI is InChI=1S/C16H17N3O5S/c1-2-24-14(20)9-18-12-7-6-11(19(22)23)8-13(12)25-16(18)17-15(21)10-4-3-5-10/h6-8,10H,2-5,9H2,1H3. The molecule has 9 heteroatoms. The number of nitro benzene ring substituents is 1. The number of hydrogen-bond acceptors (Lipinski definition) is 6. The van der Waals surface area contributed by atoms with E-state index in [1.807, 2.05) is 0 Å². The molecule has 0 unspecified atom stereocenters. The predicted molar refractivity (Wildman–Crippen MR) is 91.0 cm³/mol. The van der Waals surface area contributed by atoms with Gasteiger partial charge in [-0.2, -0.15) is 4.99 Å². The summed E-state index contributed by atoms with van der Waals surface area (Å²) in [5.74, 6) is -0.710. The number of esters is 1. The van der Waals surface area contributed by atoms with Gasteiger partial charge in [0.25, 0.3) is 11.6 Å². The number of benzene rings is 1. The maximum absolute atomic E-state index is 12.2. The van der Waals surface area contributed by atoms with Crippen LogP contribution in [0, 0.1) is 16.0 Å². The molecule has 1 heterocycles. The third-order valence-corrected chi connectivity index (χ3v) is 5.17. The maximum atomic E-state index is 12.2. The Labute approximate surface area is 146 Å². The number of carbonyl (C=O) groups is 2. The second-order valence-electron chi connectivity index (χ2n) is 5.76. The number of aromatic nitrogens is 1. The SMILES string of the molecule is CCOC(=O)Cn1c(=NC(=O)C2CCC2)sc2cc([N+](=O)[O-])ccc21. The molecule has 1 aliphatic rings. The summed E-state index contributed by atoms with van der Waals surface area (Å²) in [6, 6.07) is 4.36. The summed E-state index contributed by atoms with van der Waals surface area (Å²) in [5, 5.41) is 11.0. The van der Waals surface area contributed by atoms with Crippen LogP contribution >= 0.6 is 11.3 Å². The Balaban J connectivity index is 2.08. The zero-order valence-corrected chi connectivity index (χ0v) is 14.5. The summed E-state index contributed by atoms with van der Waals surface area (Å²) < 4.78 is 7.15. The molecule has 8 nitrogen and oxygen atoms in total. The first-order chi connectivity index (χ1) is 12.0. The molecule has 1 saturated carbocycles. The van der Waals surface area contributed by atoms with Crippen LogP contribution in [0.15, 0.2) is 23.2 Å². The Kier molecular flexibility index (Phi) is 4.93. The molecule has 0 spiro atoms. The highest BCUT2D eigenvalue weighted by molar-refractivity contribution is 7.16. The maximum Gasteiger partial charge on any atom is 0.326 e. The van der Waals surface area contributed by atoms with Crippen LogP contribution in [-0.4, -0.2) is 28.0 Å². The number of ether oxygens (including phenoxy) is 1. The molecule has 0 bridgehead atoms. The highest BCUT2D eigenvalue weighted by Gasteiger charge is 2.25. The van der Waals surface area contributed by atoms with Gasteiger partial charge in [0.15, 0.2) is 4.80 Å². The van der Waals surface area contributed by atoms with Gasteiger partial charge in [-0.05, 0) is 25.8 Å². The lowest BCUT2D eigenvalue weighted by molar-refractivity contribution is -0.384. The minimum atomic E-state index is -0.481. The number of amides is 1. The molecule has 0 aliphatic heterocycles. The zero-order valence-electron chi connectivity index (χ0n) is 13.6. The lowest BCUT2D eigenvalue weighted by Crippen LogP contribution is -2.26. The molecule has 0 N–H and O–H groups in total. The monoisotopic (exact) mass is 363 g/mol. The molecule has 0 saturated heterocycles. The van der Waals surface area contributed by atoms with Gasteiger partial charge in [-0.25, -0.2) is 0 Å². The molecule has 132 valence electrons. The number of nitrogens with zero attached hydrogens (tertiary/aromatic N) is 3. The van der Waals surface area contributed by atoms with Gasteiger partial charge in [0.1, 0.15) is 6.54 Å². The van der Waals surface area contributed by atoms with Crippen LogP contribution in [0.25, 0.3) is 10.2 Å². The average Bonchev–Trinajstić information content (AvgIpc) is 2.82. The Morgan fingerprint density at radius 2 is 2.20 bits per heavy atom. The fourth-order valence-electron chi connectivity index (χ4n) is 2.59. The van der Waals surface area contributed by atoms with E-state index in [9.17, 15) is 19.7 Å².